The van der Waals surface area contributed by atoms with Crippen molar-refractivity contribution in [3.8, 4) is 0 Å². The Morgan fingerprint density at radius 2 is 1.67 bits per heavy atom. The van der Waals surface area contributed by atoms with Crippen molar-refractivity contribution in [2.24, 2.45) is 29.1 Å². The number of hydrogen-bond acceptors (Lipinski definition) is 2. The highest BCUT2D eigenvalue weighted by atomic mass is 16.4. The van der Waals surface area contributed by atoms with E-state index in [1.54, 1.807) is 0 Å². The van der Waals surface area contributed by atoms with Crippen molar-refractivity contribution in [3.63, 3.8) is 0 Å². The van der Waals surface area contributed by atoms with Crippen LogP contribution in [-0.4, -0.2) is 22.2 Å². The van der Waals surface area contributed by atoms with Crippen molar-refractivity contribution >= 4 is 11.9 Å². The molecule has 1 rings (SSSR count). The summed E-state index contributed by atoms with van der Waals surface area (Å²) in [6.45, 7) is 8.42. The highest BCUT2D eigenvalue weighted by Crippen LogP contribution is 2.51. The Hall–Kier alpha value is -1.06. The van der Waals surface area contributed by atoms with Crippen LogP contribution in [0.2, 0.25) is 0 Å². The van der Waals surface area contributed by atoms with Crippen LogP contribution >= 0.6 is 0 Å². The summed E-state index contributed by atoms with van der Waals surface area (Å²) in [6.07, 6.45) is 8.14. The lowest BCUT2D eigenvalue weighted by Crippen LogP contribution is -2.48. The van der Waals surface area contributed by atoms with E-state index in [9.17, 15) is 19.8 Å². The number of unbranched alkanes of at least 4 members (excludes halogenated alkanes) is 3. The van der Waals surface area contributed by atoms with Gasteiger partial charge < -0.3 is 10.2 Å². The number of carboxylic acids is 2. The van der Waals surface area contributed by atoms with E-state index in [0.717, 1.165) is 25.2 Å². The molecule has 1 aliphatic carbocycles. The van der Waals surface area contributed by atoms with Crippen molar-refractivity contribution < 1.29 is 19.8 Å². The van der Waals surface area contributed by atoms with Gasteiger partial charge in [0.05, 0.1) is 11.3 Å². The monoisotopic (exact) mass is 340 g/mol. The van der Waals surface area contributed by atoms with E-state index in [2.05, 4.69) is 13.8 Å². The maximum Gasteiger partial charge on any atom is 0.310 e. The molecule has 3 atom stereocenters. The third-order valence-electron chi connectivity index (χ3n) is 6.07. The van der Waals surface area contributed by atoms with Gasteiger partial charge in [0.1, 0.15) is 0 Å². The molecule has 24 heavy (non-hydrogen) atoms. The molecule has 0 aromatic carbocycles. The topological polar surface area (TPSA) is 74.6 Å². The van der Waals surface area contributed by atoms with Crippen LogP contribution in [0.5, 0.6) is 0 Å². The van der Waals surface area contributed by atoms with Crippen molar-refractivity contribution in [2.75, 3.05) is 0 Å². The molecule has 1 aliphatic rings. The second-order valence-corrected chi connectivity index (χ2v) is 8.39. The highest BCUT2D eigenvalue weighted by Gasteiger charge is 2.51. The molecule has 0 heterocycles. The van der Waals surface area contributed by atoms with Crippen molar-refractivity contribution in [1.29, 1.82) is 0 Å². The molecule has 140 valence electrons. The predicted molar refractivity (Wildman–Crippen MR) is 95.9 cm³/mol. The van der Waals surface area contributed by atoms with Crippen LogP contribution < -0.4 is 0 Å². The molecule has 0 spiro atoms. The Balaban J connectivity index is 2.67. The van der Waals surface area contributed by atoms with Crippen LogP contribution in [0.25, 0.3) is 0 Å². The Labute approximate surface area is 147 Å². The van der Waals surface area contributed by atoms with E-state index in [4.69, 9.17) is 0 Å². The zero-order valence-corrected chi connectivity index (χ0v) is 15.9. The summed E-state index contributed by atoms with van der Waals surface area (Å²) in [4.78, 5) is 23.4. The van der Waals surface area contributed by atoms with Crippen LogP contribution in [0.1, 0.15) is 85.5 Å². The molecular weight excluding hydrogens is 304 g/mol. The van der Waals surface area contributed by atoms with E-state index >= 15 is 0 Å². The molecule has 0 aromatic rings. The number of carboxylic acid groups (broad SMARTS) is 2. The van der Waals surface area contributed by atoms with Crippen molar-refractivity contribution in [2.45, 2.75) is 85.5 Å². The minimum atomic E-state index is -0.764. The van der Waals surface area contributed by atoms with Gasteiger partial charge in [0.15, 0.2) is 0 Å². The third-order valence-corrected chi connectivity index (χ3v) is 6.07. The predicted octanol–water partition coefficient (Wildman–Crippen LogP) is 5.21. The van der Waals surface area contributed by atoms with E-state index in [0.29, 0.717) is 19.3 Å². The van der Waals surface area contributed by atoms with Gasteiger partial charge in [-0.2, -0.15) is 0 Å². The van der Waals surface area contributed by atoms with Crippen LogP contribution in [0, 0.1) is 29.1 Å². The standard InChI is InChI=1S/C20H36O4/c1-14(2)9-7-5-6-8-10-17-13-16(18(21)22)11-12-20(17,15(3)4)19(23)24/h14-17H,5-13H2,1-4H3,(H,21,22)(H,23,24). The number of hydrogen-bond donors (Lipinski definition) is 2. The normalized spacial score (nSPS) is 27.6. The number of carbonyl (C=O) groups is 2. The van der Waals surface area contributed by atoms with Gasteiger partial charge in [-0.05, 0) is 43.4 Å². The van der Waals surface area contributed by atoms with Crippen LogP contribution in [0.4, 0.5) is 0 Å². The van der Waals surface area contributed by atoms with Gasteiger partial charge in [-0.15, -0.1) is 0 Å². The van der Waals surface area contributed by atoms with E-state index in [1.165, 1.54) is 19.3 Å². The SMILES string of the molecule is CC(C)CCCCCCC1CC(C(=O)O)CCC1(C(=O)O)C(C)C. The number of aliphatic carboxylic acids is 2. The van der Waals surface area contributed by atoms with Crippen LogP contribution in [-0.2, 0) is 9.59 Å². The van der Waals surface area contributed by atoms with Gasteiger partial charge in [-0.25, -0.2) is 0 Å². The largest absolute Gasteiger partial charge is 0.481 e. The average Bonchev–Trinajstić information content (AvgIpc) is 2.49. The summed E-state index contributed by atoms with van der Waals surface area (Å²) in [5.41, 5.74) is -0.746. The van der Waals surface area contributed by atoms with Gasteiger partial charge in [0, 0.05) is 0 Å². The van der Waals surface area contributed by atoms with E-state index in [1.807, 2.05) is 13.8 Å². The first-order chi connectivity index (χ1) is 11.2. The Bertz CT molecular complexity index is 416. The number of rotatable bonds is 10. The van der Waals surface area contributed by atoms with Gasteiger partial charge in [-0.3, -0.25) is 9.59 Å². The van der Waals surface area contributed by atoms with Gasteiger partial charge in [0.25, 0.3) is 0 Å². The molecule has 2 N–H and O–H groups in total. The molecule has 3 unspecified atom stereocenters. The molecule has 0 radical (unpaired) electrons. The highest BCUT2D eigenvalue weighted by molar-refractivity contribution is 5.77. The van der Waals surface area contributed by atoms with Gasteiger partial charge in [0.2, 0.25) is 0 Å². The summed E-state index contributed by atoms with van der Waals surface area (Å²) in [6, 6.07) is 0. The molecule has 0 amide bonds. The first-order valence-corrected chi connectivity index (χ1v) is 9.68. The summed E-state index contributed by atoms with van der Waals surface area (Å²) < 4.78 is 0. The maximum atomic E-state index is 12.1. The Morgan fingerprint density at radius 1 is 1.04 bits per heavy atom. The fourth-order valence-electron chi connectivity index (χ4n) is 4.47. The minimum absolute atomic E-state index is 0.0186. The molecular formula is C20H36O4. The molecule has 0 aromatic heterocycles. The van der Waals surface area contributed by atoms with Crippen LogP contribution in [0.15, 0.2) is 0 Å². The molecule has 4 nitrogen and oxygen atoms in total. The second kappa shape index (κ2) is 9.43. The fraction of sp³-hybridized carbons (Fsp3) is 0.900. The van der Waals surface area contributed by atoms with E-state index < -0.39 is 17.4 Å². The lowest BCUT2D eigenvalue weighted by atomic mass is 9.57. The summed E-state index contributed by atoms with van der Waals surface area (Å²) in [5.74, 6) is -1.11. The zero-order valence-electron chi connectivity index (χ0n) is 15.9. The lowest BCUT2D eigenvalue weighted by Gasteiger charge is -2.45. The Kier molecular flexibility index (Phi) is 8.24. The first-order valence-electron chi connectivity index (χ1n) is 9.68. The molecule has 0 bridgehead atoms. The summed E-state index contributed by atoms with van der Waals surface area (Å²) in [5, 5.41) is 19.3. The van der Waals surface area contributed by atoms with Gasteiger partial charge in [-0.1, -0.05) is 59.8 Å². The maximum absolute atomic E-state index is 12.1. The zero-order chi connectivity index (χ0) is 18.3. The van der Waals surface area contributed by atoms with Crippen molar-refractivity contribution in [1.82, 2.24) is 0 Å². The Morgan fingerprint density at radius 3 is 2.17 bits per heavy atom. The van der Waals surface area contributed by atoms with Crippen molar-refractivity contribution in [3.05, 3.63) is 0 Å². The molecule has 1 fully saturated rings. The third kappa shape index (κ3) is 5.22. The van der Waals surface area contributed by atoms with Gasteiger partial charge >= 0.3 is 11.9 Å². The molecule has 1 saturated carbocycles. The second-order valence-electron chi connectivity index (χ2n) is 8.39. The summed E-state index contributed by atoms with van der Waals surface area (Å²) >= 11 is 0. The molecule has 0 saturated heterocycles. The minimum Gasteiger partial charge on any atom is -0.481 e. The summed E-state index contributed by atoms with van der Waals surface area (Å²) in [7, 11) is 0. The lowest BCUT2D eigenvalue weighted by molar-refractivity contribution is -0.165. The smallest absolute Gasteiger partial charge is 0.310 e. The molecule has 0 aliphatic heterocycles. The first kappa shape index (κ1) is 21.0. The van der Waals surface area contributed by atoms with Crippen LogP contribution in [0.3, 0.4) is 0 Å². The molecule has 4 heteroatoms. The quantitative estimate of drug-likeness (QED) is 0.535. The van der Waals surface area contributed by atoms with E-state index in [-0.39, 0.29) is 17.8 Å². The fourth-order valence-corrected chi connectivity index (χ4v) is 4.47. The average molecular weight is 341 g/mol.